The Hall–Kier alpha value is -0.760. The van der Waals surface area contributed by atoms with Gasteiger partial charge in [0.1, 0.15) is 19.3 Å². The average molecular weight is 677 g/mol. The molecule has 0 saturated heterocycles. The molecule has 1 N–H and O–H groups in total. The topological polar surface area (TPSA) is 91.3 Å². The zero-order valence-corrected chi connectivity index (χ0v) is 31.7. The third-order valence-electron chi connectivity index (χ3n) is 8.08. The zero-order chi connectivity index (χ0) is 34.2. The summed E-state index contributed by atoms with van der Waals surface area (Å²) >= 11 is 0. The molecule has 274 valence electrons. The number of allylic oxidation sites excluding steroid dienone is 2. The van der Waals surface area contributed by atoms with Gasteiger partial charge in [0.25, 0.3) is 0 Å². The van der Waals surface area contributed by atoms with Crippen LogP contribution in [0.5, 0.6) is 0 Å². The van der Waals surface area contributed by atoms with Crippen LogP contribution in [0, 0.1) is 0 Å². The standard InChI is InChI=1S/C37H74NO7P/c1-6-8-10-12-14-15-16-17-18-19-20-21-22-23-25-27-29-32-42-34-36(35-44-46(40,41)43-33-31-38(3,4)5)45-37(39)30-28-26-24-13-11-9-7-2/h18-19,36H,6-17,20-35H2,1-5H3/p+1/b19-18-. The molecule has 8 nitrogen and oxygen atoms in total. The Bertz CT molecular complexity index is 756. The van der Waals surface area contributed by atoms with E-state index in [0.29, 0.717) is 24.1 Å². The van der Waals surface area contributed by atoms with Crippen molar-refractivity contribution < 1.29 is 37.3 Å². The molecule has 2 unspecified atom stereocenters. The molecule has 0 saturated carbocycles. The number of phosphoric ester groups is 1. The molecule has 46 heavy (non-hydrogen) atoms. The molecule has 0 aromatic carbocycles. The summed E-state index contributed by atoms with van der Waals surface area (Å²) in [6.45, 7) is 5.57. The Morgan fingerprint density at radius 2 is 1.13 bits per heavy atom. The van der Waals surface area contributed by atoms with Crippen molar-refractivity contribution >= 4 is 13.8 Å². The Balaban J connectivity index is 4.18. The summed E-state index contributed by atoms with van der Waals surface area (Å²) in [5, 5.41) is 0. The minimum absolute atomic E-state index is 0.0898. The van der Waals surface area contributed by atoms with Crippen LogP contribution in [0.15, 0.2) is 12.2 Å². The largest absolute Gasteiger partial charge is 0.472 e. The van der Waals surface area contributed by atoms with Gasteiger partial charge in [-0.05, 0) is 38.5 Å². The van der Waals surface area contributed by atoms with Crippen LogP contribution in [0.3, 0.4) is 0 Å². The molecule has 9 heteroatoms. The van der Waals surface area contributed by atoms with Gasteiger partial charge in [0.15, 0.2) is 0 Å². The van der Waals surface area contributed by atoms with Gasteiger partial charge in [0.05, 0.1) is 34.4 Å². The molecule has 0 aliphatic carbocycles. The molecule has 0 aromatic rings. The third-order valence-corrected chi connectivity index (χ3v) is 9.06. The number of ether oxygens (including phenoxy) is 2. The lowest BCUT2D eigenvalue weighted by Gasteiger charge is -2.24. The number of hydrogen-bond donors (Lipinski definition) is 1. The SMILES string of the molecule is CCCCCCCCC/C=C\CCCCCCCCOCC(COP(=O)(O)OCC[N+](C)(C)C)OC(=O)CCCCCCCCC. The molecular formula is C37H75NO7P+. The van der Waals surface area contributed by atoms with Crippen molar-refractivity contribution in [3.8, 4) is 0 Å². The molecule has 0 aliphatic rings. The van der Waals surface area contributed by atoms with Crippen molar-refractivity contribution in [2.24, 2.45) is 0 Å². The van der Waals surface area contributed by atoms with E-state index < -0.39 is 13.9 Å². The maximum absolute atomic E-state index is 12.5. The highest BCUT2D eigenvalue weighted by molar-refractivity contribution is 7.47. The van der Waals surface area contributed by atoms with Gasteiger partial charge in [0.2, 0.25) is 0 Å². The number of likely N-dealkylation sites (N-methyl/N-ethyl adjacent to an activating group) is 1. The molecule has 0 fully saturated rings. The minimum atomic E-state index is -4.26. The predicted molar refractivity (Wildman–Crippen MR) is 192 cm³/mol. The summed E-state index contributed by atoms with van der Waals surface area (Å²) in [5.74, 6) is -0.322. The smallest absolute Gasteiger partial charge is 0.457 e. The number of esters is 1. The highest BCUT2D eigenvalue weighted by Crippen LogP contribution is 2.43. The van der Waals surface area contributed by atoms with E-state index in [0.717, 1.165) is 32.1 Å². The number of carbonyl (C=O) groups is 1. The molecule has 0 aliphatic heterocycles. The Kier molecular flexibility index (Phi) is 31.0. The van der Waals surface area contributed by atoms with Crippen LogP contribution in [0.4, 0.5) is 0 Å². The highest BCUT2D eigenvalue weighted by Gasteiger charge is 2.26. The first-order valence-electron chi connectivity index (χ1n) is 18.9. The van der Waals surface area contributed by atoms with E-state index in [-0.39, 0.29) is 25.8 Å². The van der Waals surface area contributed by atoms with Crippen LogP contribution >= 0.6 is 7.82 Å². The summed E-state index contributed by atoms with van der Waals surface area (Å²) in [6, 6.07) is 0. The van der Waals surface area contributed by atoms with E-state index in [2.05, 4.69) is 26.0 Å². The van der Waals surface area contributed by atoms with Crippen molar-refractivity contribution in [3.63, 3.8) is 0 Å². The summed E-state index contributed by atoms with van der Waals surface area (Å²) in [7, 11) is 1.67. The summed E-state index contributed by atoms with van der Waals surface area (Å²) in [6.07, 6.45) is 31.1. The normalized spacial score (nSPS) is 14.1. The van der Waals surface area contributed by atoms with E-state index in [9.17, 15) is 14.3 Å². The number of hydrogen-bond acceptors (Lipinski definition) is 6. The molecule has 0 radical (unpaired) electrons. The lowest BCUT2D eigenvalue weighted by molar-refractivity contribution is -0.870. The first-order valence-corrected chi connectivity index (χ1v) is 20.4. The van der Waals surface area contributed by atoms with Crippen molar-refractivity contribution in [2.75, 3.05) is 54.1 Å². The minimum Gasteiger partial charge on any atom is -0.457 e. The maximum atomic E-state index is 12.5. The van der Waals surface area contributed by atoms with Crippen molar-refractivity contribution in [3.05, 3.63) is 12.2 Å². The van der Waals surface area contributed by atoms with Gasteiger partial charge in [-0.3, -0.25) is 13.8 Å². The number of phosphoric acid groups is 1. The molecule has 0 spiro atoms. The van der Waals surface area contributed by atoms with Gasteiger partial charge < -0.3 is 18.9 Å². The highest BCUT2D eigenvalue weighted by atomic mass is 31.2. The molecule has 0 heterocycles. The molecule has 0 amide bonds. The van der Waals surface area contributed by atoms with Gasteiger partial charge in [-0.2, -0.15) is 0 Å². The Morgan fingerprint density at radius 1 is 0.652 bits per heavy atom. The van der Waals surface area contributed by atoms with Crippen molar-refractivity contribution in [1.29, 1.82) is 0 Å². The molecule has 0 rings (SSSR count). The second-order valence-corrected chi connectivity index (χ2v) is 15.4. The summed E-state index contributed by atoms with van der Waals surface area (Å²) < 4.78 is 34.7. The first kappa shape index (κ1) is 45.2. The van der Waals surface area contributed by atoms with Gasteiger partial charge in [-0.15, -0.1) is 0 Å². The zero-order valence-electron chi connectivity index (χ0n) is 30.8. The molecular weight excluding hydrogens is 601 g/mol. The van der Waals surface area contributed by atoms with Crippen molar-refractivity contribution in [1.82, 2.24) is 0 Å². The van der Waals surface area contributed by atoms with Crippen LogP contribution in [-0.2, 0) is 27.9 Å². The second kappa shape index (κ2) is 31.5. The lowest BCUT2D eigenvalue weighted by Crippen LogP contribution is -2.37. The van der Waals surface area contributed by atoms with E-state index in [1.54, 1.807) is 0 Å². The summed E-state index contributed by atoms with van der Waals surface area (Å²) in [5.41, 5.74) is 0. The number of quaternary nitrogens is 1. The molecule has 0 aromatic heterocycles. The maximum Gasteiger partial charge on any atom is 0.472 e. The van der Waals surface area contributed by atoms with Crippen LogP contribution in [-0.4, -0.2) is 75.6 Å². The van der Waals surface area contributed by atoms with Gasteiger partial charge in [-0.25, -0.2) is 4.57 Å². The monoisotopic (exact) mass is 677 g/mol. The Morgan fingerprint density at radius 3 is 1.65 bits per heavy atom. The van der Waals surface area contributed by atoms with Crippen LogP contribution in [0.25, 0.3) is 0 Å². The fourth-order valence-electron chi connectivity index (χ4n) is 5.08. The van der Waals surface area contributed by atoms with Gasteiger partial charge in [-0.1, -0.05) is 129 Å². The average Bonchev–Trinajstić information content (AvgIpc) is 2.99. The van der Waals surface area contributed by atoms with Crippen molar-refractivity contribution in [2.45, 2.75) is 168 Å². The lowest BCUT2D eigenvalue weighted by atomic mass is 10.1. The van der Waals surface area contributed by atoms with E-state index in [1.165, 1.54) is 109 Å². The number of carbonyl (C=O) groups excluding carboxylic acids is 1. The van der Waals surface area contributed by atoms with Gasteiger partial charge >= 0.3 is 13.8 Å². The summed E-state index contributed by atoms with van der Waals surface area (Å²) in [4.78, 5) is 22.6. The van der Waals surface area contributed by atoms with Crippen LogP contribution < -0.4 is 0 Å². The predicted octanol–water partition coefficient (Wildman–Crippen LogP) is 10.3. The Labute approximate surface area is 284 Å². The quantitative estimate of drug-likeness (QED) is 0.0235. The fourth-order valence-corrected chi connectivity index (χ4v) is 5.82. The number of rotatable bonds is 35. The third kappa shape index (κ3) is 34.6. The van der Waals surface area contributed by atoms with E-state index in [1.807, 2.05) is 21.1 Å². The molecule has 2 atom stereocenters. The van der Waals surface area contributed by atoms with E-state index in [4.69, 9.17) is 18.5 Å². The molecule has 0 bridgehead atoms. The second-order valence-electron chi connectivity index (χ2n) is 14.0. The number of unbranched alkanes of at least 4 members (excludes halogenated alkanes) is 19. The van der Waals surface area contributed by atoms with E-state index >= 15 is 0 Å². The van der Waals surface area contributed by atoms with Gasteiger partial charge in [0, 0.05) is 13.0 Å². The fraction of sp³-hybridized carbons (Fsp3) is 0.919. The number of nitrogens with zero attached hydrogens (tertiary/aromatic N) is 1. The first-order chi connectivity index (χ1) is 22.1. The van der Waals surface area contributed by atoms with Crippen LogP contribution in [0.1, 0.15) is 162 Å². The van der Waals surface area contributed by atoms with Crippen LogP contribution in [0.2, 0.25) is 0 Å².